The normalized spacial score (nSPS) is 10.7. The average molecular weight is 258 g/mol. The molecule has 0 saturated heterocycles. The first kappa shape index (κ1) is 13.4. The lowest BCUT2D eigenvalue weighted by Crippen LogP contribution is -2.01. The van der Waals surface area contributed by atoms with Crippen LogP contribution in [-0.2, 0) is 6.54 Å². The van der Waals surface area contributed by atoms with Gasteiger partial charge in [-0.3, -0.25) is 0 Å². The first-order valence-corrected chi connectivity index (χ1v) is 6.44. The van der Waals surface area contributed by atoms with Crippen LogP contribution in [0.5, 0.6) is 0 Å². The highest BCUT2D eigenvalue weighted by atomic mass is 19.1. The molecule has 0 saturated carbocycles. The molecule has 0 spiro atoms. The van der Waals surface area contributed by atoms with E-state index in [1.807, 2.05) is 0 Å². The SMILES string of the molecule is CC(C)c1ccc(CNc2ccc(N)c(F)c2)cc1. The second-order valence-electron chi connectivity index (χ2n) is 4.99. The van der Waals surface area contributed by atoms with Crippen LogP contribution < -0.4 is 11.1 Å². The second kappa shape index (κ2) is 5.74. The lowest BCUT2D eigenvalue weighted by molar-refractivity contribution is 0.633. The number of nitrogen functional groups attached to an aromatic ring is 1. The van der Waals surface area contributed by atoms with E-state index in [0.717, 1.165) is 5.69 Å². The summed E-state index contributed by atoms with van der Waals surface area (Å²) in [5, 5.41) is 3.18. The van der Waals surface area contributed by atoms with Gasteiger partial charge in [0.15, 0.2) is 0 Å². The molecule has 3 heteroatoms. The van der Waals surface area contributed by atoms with E-state index in [1.54, 1.807) is 12.1 Å². The number of hydrogen-bond donors (Lipinski definition) is 2. The van der Waals surface area contributed by atoms with Crippen molar-refractivity contribution in [2.75, 3.05) is 11.1 Å². The minimum absolute atomic E-state index is 0.173. The molecule has 100 valence electrons. The Morgan fingerprint density at radius 1 is 1.11 bits per heavy atom. The number of nitrogens with two attached hydrogens (primary N) is 1. The Morgan fingerprint density at radius 2 is 1.79 bits per heavy atom. The van der Waals surface area contributed by atoms with Gasteiger partial charge in [-0.2, -0.15) is 0 Å². The molecule has 2 aromatic carbocycles. The molecule has 0 aliphatic rings. The number of halogens is 1. The van der Waals surface area contributed by atoms with Crippen LogP contribution in [0.4, 0.5) is 15.8 Å². The summed E-state index contributed by atoms with van der Waals surface area (Å²) in [6.45, 7) is 5.01. The van der Waals surface area contributed by atoms with E-state index in [4.69, 9.17) is 5.73 Å². The van der Waals surface area contributed by atoms with Crippen LogP contribution in [0, 0.1) is 5.82 Å². The molecule has 2 rings (SSSR count). The monoisotopic (exact) mass is 258 g/mol. The van der Waals surface area contributed by atoms with Crippen molar-refractivity contribution in [2.45, 2.75) is 26.3 Å². The van der Waals surface area contributed by atoms with Gasteiger partial charge < -0.3 is 11.1 Å². The molecule has 0 fully saturated rings. The van der Waals surface area contributed by atoms with Crippen LogP contribution in [0.15, 0.2) is 42.5 Å². The molecule has 0 bridgehead atoms. The number of nitrogens with one attached hydrogen (secondary N) is 1. The standard InChI is InChI=1S/C16H19FN2/c1-11(2)13-5-3-12(4-6-13)10-19-14-7-8-16(18)15(17)9-14/h3-9,11,19H,10,18H2,1-2H3. The zero-order valence-corrected chi connectivity index (χ0v) is 11.3. The van der Waals surface area contributed by atoms with Crippen molar-refractivity contribution in [3.8, 4) is 0 Å². The van der Waals surface area contributed by atoms with E-state index >= 15 is 0 Å². The summed E-state index contributed by atoms with van der Waals surface area (Å²) in [6.07, 6.45) is 0. The summed E-state index contributed by atoms with van der Waals surface area (Å²) in [5.74, 6) is 0.147. The number of rotatable bonds is 4. The summed E-state index contributed by atoms with van der Waals surface area (Å²) < 4.78 is 13.3. The van der Waals surface area contributed by atoms with E-state index in [9.17, 15) is 4.39 Å². The van der Waals surface area contributed by atoms with Crippen LogP contribution in [0.3, 0.4) is 0 Å². The summed E-state index contributed by atoms with van der Waals surface area (Å²) in [5.41, 5.74) is 8.84. The smallest absolute Gasteiger partial charge is 0.148 e. The highest BCUT2D eigenvalue weighted by Crippen LogP contribution is 2.18. The molecule has 0 atom stereocenters. The molecular formula is C16H19FN2. The minimum Gasteiger partial charge on any atom is -0.396 e. The van der Waals surface area contributed by atoms with E-state index in [1.165, 1.54) is 17.2 Å². The Morgan fingerprint density at radius 3 is 2.37 bits per heavy atom. The van der Waals surface area contributed by atoms with E-state index in [0.29, 0.717) is 12.5 Å². The van der Waals surface area contributed by atoms with Crippen LogP contribution in [0.2, 0.25) is 0 Å². The Labute approximate surface area is 113 Å². The fourth-order valence-electron chi connectivity index (χ4n) is 1.86. The Kier molecular flexibility index (Phi) is 4.05. The first-order valence-electron chi connectivity index (χ1n) is 6.44. The lowest BCUT2D eigenvalue weighted by Gasteiger charge is -2.09. The molecule has 0 amide bonds. The van der Waals surface area contributed by atoms with Crippen molar-refractivity contribution in [3.63, 3.8) is 0 Å². The van der Waals surface area contributed by atoms with E-state index in [2.05, 4.69) is 43.4 Å². The molecule has 0 aromatic heterocycles. The van der Waals surface area contributed by atoms with E-state index < -0.39 is 0 Å². The van der Waals surface area contributed by atoms with Gasteiger partial charge in [0.05, 0.1) is 5.69 Å². The van der Waals surface area contributed by atoms with Crippen molar-refractivity contribution in [1.82, 2.24) is 0 Å². The third-order valence-electron chi connectivity index (χ3n) is 3.14. The van der Waals surface area contributed by atoms with Gasteiger partial charge in [0, 0.05) is 12.2 Å². The Hall–Kier alpha value is -2.03. The van der Waals surface area contributed by atoms with Crippen LogP contribution in [0.1, 0.15) is 30.9 Å². The summed E-state index contributed by atoms with van der Waals surface area (Å²) in [6, 6.07) is 13.2. The Balaban J connectivity index is 2.00. The zero-order chi connectivity index (χ0) is 13.8. The van der Waals surface area contributed by atoms with Gasteiger partial charge in [-0.25, -0.2) is 4.39 Å². The highest BCUT2D eigenvalue weighted by molar-refractivity contribution is 5.52. The fraction of sp³-hybridized carbons (Fsp3) is 0.250. The Bertz CT molecular complexity index is 547. The number of benzene rings is 2. The first-order chi connectivity index (χ1) is 9.06. The largest absolute Gasteiger partial charge is 0.396 e. The highest BCUT2D eigenvalue weighted by Gasteiger charge is 2.01. The van der Waals surface area contributed by atoms with Gasteiger partial charge in [0.25, 0.3) is 0 Å². The summed E-state index contributed by atoms with van der Waals surface area (Å²) in [4.78, 5) is 0. The predicted molar refractivity (Wildman–Crippen MR) is 78.7 cm³/mol. The van der Waals surface area contributed by atoms with Crippen molar-refractivity contribution in [2.24, 2.45) is 0 Å². The van der Waals surface area contributed by atoms with Gasteiger partial charge in [-0.05, 0) is 35.2 Å². The number of hydrogen-bond acceptors (Lipinski definition) is 2. The molecule has 2 aromatic rings. The average Bonchev–Trinajstić information content (AvgIpc) is 2.40. The second-order valence-corrected chi connectivity index (χ2v) is 4.99. The van der Waals surface area contributed by atoms with Crippen molar-refractivity contribution < 1.29 is 4.39 Å². The molecule has 3 N–H and O–H groups in total. The van der Waals surface area contributed by atoms with Gasteiger partial charge in [0.1, 0.15) is 5.82 Å². The molecule has 2 nitrogen and oxygen atoms in total. The van der Waals surface area contributed by atoms with E-state index in [-0.39, 0.29) is 11.5 Å². The van der Waals surface area contributed by atoms with Crippen molar-refractivity contribution in [1.29, 1.82) is 0 Å². The molecule has 0 radical (unpaired) electrons. The fourth-order valence-corrected chi connectivity index (χ4v) is 1.86. The third kappa shape index (κ3) is 3.47. The van der Waals surface area contributed by atoms with Gasteiger partial charge >= 0.3 is 0 Å². The minimum atomic E-state index is -0.389. The van der Waals surface area contributed by atoms with Gasteiger partial charge in [-0.1, -0.05) is 38.1 Å². The summed E-state index contributed by atoms with van der Waals surface area (Å²) >= 11 is 0. The van der Waals surface area contributed by atoms with Crippen molar-refractivity contribution >= 4 is 11.4 Å². The molecule has 0 unspecified atom stereocenters. The van der Waals surface area contributed by atoms with Crippen LogP contribution in [0.25, 0.3) is 0 Å². The molecular weight excluding hydrogens is 239 g/mol. The maximum absolute atomic E-state index is 13.3. The summed E-state index contributed by atoms with van der Waals surface area (Å²) in [7, 11) is 0. The van der Waals surface area contributed by atoms with Gasteiger partial charge in [-0.15, -0.1) is 0 Å². The molecule has 0 heterocycles. The maximum Gasteiger partial charge on any atom is 0.148 e. The van der Waals surface area contributed by atoms with Crippen LogP contribution in [-0.4, -0.2) is 0 Å². The quantitative estimate of drug-likeness (QED) is 0.809. The van der Waals surface area contributed by atoms with Gasteiger partial charge in [0.2, 0.25) is 0 Å². The topological polar surface area (TPSA) is 38.0 Å². The zero-order valence-electron chi connectivity index (χ0n) is 11.3. The molecule has 0 aliphatic heterocycles. The molecule has 19 heavy (non-hydrogen) atoms. The lowest BCUT2D eigenvalue weighted by atomic mass is 10.0. The van der Waals surface area contributed by atoms with Crippen molar-refractivity contribution in [3.05, 3.63) is 59.4 Å². The number of anilines is 2. The third-order valence-corrected chi connectivity index (χ3v) is 3.14. The maximum atomic E-state index is 13.3. The molecule has 0 aliphatic carbocycles. The predicted octanol–water partition coefficient (Wildman–Crippen LogP) is 4.14. The van der Waals surface area contributed by atoms with Crippen LogP contribution >= 0.6 is 0 Å².